The number of nitrogens with zero attached hydrogens (tertiary/aromatic N) is 1. The van der Waals surface area contributed by atoms with Gasteiger partial charge >= 0.3 is 0 Å². The maximum Gasteiger partial charge on any atom is 0.280 e. The molecule has 0 spiro atoms. The van der Waals surface area contributed by atoms with Crippen molar-refractivity contribution in [3.63, 3.8) is 0 Å². The van der Waals surface area contributed by atoms with Crippen molar-refractivity contribution in [3.8, 4) is 0 Å². The van der Waals surface area contributed by atoms with Crippen LogP contribution in [0.25, 0.3) is 0 Å². The number of nitrogens with one attached hydrogen (secondary N) is 2. The fourth-order valence-corrected chi connectivity index (χ4v) is 3.33. The molecule has 4 N–H and O–H groups in total. The van der Waals surface area contributed by atoms with Crippen LogP contribution in [0.3, 0.4) is 0 Å². The maximum atomic E-state index is 11.9. The molecule has 0 aromatic rings. The molecule has 16 heavy (non-hydrogen) atoms. The summed E-state index contributed by atoms with van der Waals surface area (Å²) in [4.78, 5) is 0. The zero-order valence-electron chi connectivity index (χ0n) is 9.73. The topological polar surface area (TPSA) is 99.3 Å². The fourth-order valence-electron chi connectivity index (χ4n) is 1.72. The van der Waals surface area contributed by atoms with Crippen LogP contribution in [0, 0.1) is 11.3 Å². The van der Waals surface area contributed by atoms with Crippen molar-refractivity contribution in [2.75, 3.05) is 13.1 Å². The SMILES string of the molecule is CC(C)C(NS(=O)(=O)N1CCCC1)C(=N)N. The number of hydrogen-bond acceptors (Lipinski definition) is 3. The van der Waals surface area contributed by atoms with Gasteiger partial charge in [-0.1, -0.05) is 13.8 Å². The smallest absolute Gasteiger partial charge is 0.280 e. The molecule has 0 aromatic heterocycles. The average Bonchev–Trinajstić information content (AvgIpc) is 2.66. The summed E-state index contributed by atoms with van der Waals surface area (Å²) in [5.41, 5.74) is 5.38. The van der Waals surface area contributed by atoms with Gasteiger partial charge < -0.3 is 5.73 Å². The molecule has 0 aromatic carbocycles. The minimum Gasteiger partial charge on any atom is -0.386 e. The summed E-state index contributed by atoms with van der Waals surface area (Å²) in [6, 6.07) is -0.620. The Morgan fingerprint density at radius 1 is 1.38 bits per heavy atom. The van der Waals surface area contributed by atoms with Gasteiger partial charge in [-0.05, 0) is 18.8 Å². The summed E-state index contributed by atoms with van der Waals surface area (Å²) in [7, 11) is -3.49. The third kappa shape index (κ3) is 3.16. The summed E-state index contributed by atoms with van der Waals surface area (Å²) in [5.74, 6) is -0.173. The molecule has 0 bridgehead atoms. The Labute approximate surface area is 96.9 Å². The van der Waals surface area contributed by atoms with Crippen molar-refractivity contribution in [3.05, 3.63) is 0 Å². The molecule has 1 aliphatic heterocycles. The Kier molecular flexibility index (Phi) is 4.28. The van der Waals surface area contributed by atoms with Crippen molar-refractivity contribution in [1.29, 1.82) is 5.41 Å². The highest BCUT2D eigenvalue weighted by atomic mass is 32.2. The summed E-state index contributed by atoms with van der Waals surface area (Å²) >= 11 is 0. The monoisotopic (exact) mass is 248 g/mol. The molecule has 7 heteroatoms. The maximum absolute atomic E-state index is 11.9. The van der Waals surface area contributed by atoms with Gasteiger partial charge in [-0.2, -0.15) is 17.4 Å². The highest BCUT2D eigenvalue weighted by Crippen LogP contribution is 2.13. The zero-order valence-corrected chi connectivity index (χ0v) is 10.5. The van der Waals surface area contributed by atoms with Crippen LogP contribution >= 0.6 is 0 Å². The van der Waals surface area contributed by atoms with E-state index in [-0.39, 0.29) is 11.8 Å². The van der Waals surface area contributed by atoms with Gasteiger partial charge in [0, 0.05) is 13.1 Å². The standard InChI is InChI=1S/C9H20N4O2S/c1-7(2)8(9(10)11)12-16(14,15)13-5-3-4-6-13/h7-8,12H,3-6H2,1-2H3,(H3,10,11). The molecule has 0 amide bonds. The minimum atomic E-state index is -3.49. The first kappa shape index (κ1) is 13.4. The van der Waals surface area contributed by atoms with E-state index in [0.717, 1.165) is 12.8 Å². The Morgan fingerprint density at radius 2 is 1.88 bits per heavy atom. The van der Waals surface area contributed by atoms with Crippen LogP contribution in [0.1, 0.15) is 26.7 Å². The second-order valence-electron chi connectivity index (χ2n) is 4.41. The molecule has 0 aliphatic carbocycles. The van der Waals surface area contributed by atoms with E-state index in [1.54, 1.807) is 0 Å². The molecule has 1 atom stereocenters. The second-order valence-corrected chi connectivity index (χ2v) is 6.11. The largest absolute Gasteiger partial charge is 0.386 e. The van der Waals surface area contributed by atoms with Crippen molar-refractivity contribution in [2.45, 2.75) is 32.7 Å². The van der Waals surface area contributed by atoms with Gasteiger partial charge in [0.25, 0.3) is 10.2 Å². The number of nitrogens with two attached hydrogens (primary N) is 1. The molecule has 1 aliphatic rings. The van der Waals surface area contributed by atoms with E-state index in [9.17, 15) is 8.42 Å². The van der Waals surface area contributed by atoms with Crippen LogP contribution in [0.4, 0.5) is 0 Å². The first-order valence-corrected chi connectivity index (χ1v) is 6.90. The molecule has 1 unspecified atom stereocenters. The highest BCUT2D eigenvalue weighted by molar-refractivity contribution is 7.87. The van der Waals surface area contributed by atoms with E-state index in [0.29, 0.717) is 13.1 Å². The average molecular weight is 248 g/mol. The first-order chi connectivity index (χ1) is 7.34. The second kappa shape index (κ2) is 5.11. The molecule has 1 heterocycles. The van der Waals surface area contributed by atoms with Gasteiger partial charge in [-0.25, -0.2) is 0 Å². The van der Waals surface area contributed by atoms with E-state index < -0.39 is 16.3 Å². The fraction of sp³-hybridized carbons (Fsp3) is 0.889. The summed E-state index contributed by atoms with van der Waals surface area (Å²) in [6.45, 7) is 4.77. The minimum absolute atomic E-state index is 0.0325. The number of rotatable bonds is 5. The lowest BCUT2D eigenvalue weighted by atomic mass is 10.1. The van der Waals surface area contributed by atoms with E-state index in [1.807, 2.05) is 13.8 Å². The summed E-state index contributed by atoms with van der Waals surface area (Å²) in [5, 5.41) is 7.37. The molecule has 6 nitrogen and oxygen atoms in total. The van der Waals surface area contributed by atoms with Crippen molar-refractivity contribution >= 4 is 16.0 Å². The van der Waals surface area contributed by atoms with Crippen molar-refractivity contribution in [2.24, 2.45) is 11.7 Å². The molecule has 94 valence electrons. The third-order valence-corrected chi connectivity index (χ3v) is 4.28. The molecular formula is C9H20N4O2S. The molecular weight excluding hydrogens is 228 g/mol. The van der Waals surface area contributed by atoms with Crippen LogP contribution in [0.2, 0.25) is 0 Å². The first-order valence-electron chi connectivity index (χ1n) is 5.46. The Balaban J connectivity index is 2.73. The van der Waals surface area contributed by atoms with E-state index >= 15 is 0 Å². The van der Waals surface area contributed by atoms with E-state index in [4.69, 9.17) is 11.1 Å². The third-order valence-electron chi connectivity index (χ3n) is 2.68. The van der Waals surface area contributed by atoms with Gasteiger partial charge in [0.2, 0.25) is 0 Å². The Hall–Kier alpha value is -0.660. The van der Waals surface area contributed by atoms with Crippen LogP contribution in [-0.2, 0) is 10.2 Å². The predicted molar refractivity (Wildman–Crippen MR) is 63.4 cm³/mol. The number of amidine groups is 1. The lowest BCUT2D eigenvalue weighted by Crippen LogP contribution is -2.51. The molecule has 0 saturated carbocycles. The molecule has 1 fully saturated rings. The Morgan fingerprint density at radius 3 is 2.25 bits per heavy atom. The number of hydrogen-bond donors (Lipinski definition) is 3. The van der Waals surface area contributed by atoms with Gasteiger partial charge in [-0.15, -0.1) is 0 Å². The molecule has 0 radical (unpaired) electrons. The summed E-state index contributed by atoms with van der Waals surface area (Å²) in [6.07, 6.45) is 1.79. The highest BCUT2D eigenvalue weighted by Gasteiger charge is 2.29. The molecule has 1 rings (SSSR count). The normalized spacial score (nSPS) is 20.2. The zero-order chi connectivity index (χ0) is 12.3. The van der Waals surface area contributed by atoms with Crippen molar-refractivity contribution < 1.29 is 8.42 Å². The van der Waals surface area contributed by atoms with Crippen molar-refractivity contribution in [1.82, 2.24) is 9.03 Å². The van der Waals surface area contributed by atoms with Crippen LogP contribution < -0.4 is 10.5 Å². The van der Waals surface area contributed by atoms with Gasteiger partial charge in [-0.3, -0.25) is 5.41 Å². The predicted octanol–water partition coefficient (Wildman–Crippen LogP) is -0.123. The lowest BCUT2D eigenvalue weighted by molar-refractivity contribution is 0.446. The van der Waals surface area contributed by atoms with Crippen LogP contribution in [-0.4, -0.2) is 37.7 Å². The van der Waals surface area contributed by atoms with Gasteiger partial charge in [0.1, 0.15) is 5.84 Å². The van der Waals surface area contributed by atoms with Gasteiger partial charge in [0.05, 0.1) is 6.04 Å². The molecule has 1 saturated heterocycles. The summed E-state index contributed by atoms with van der Waals surface area (Å²) < 4.78 is 27.7. The van der Waals surface area contributed by atoms with Crippen LogP contribution in [0.15, 0.2) is 0 Å². The Bertz CT molecular complexity index is 347. The van der Waals surface area contributed by atoms with Crippen LogP contribution in [0.5, 0.6) is 0 Å². The van der Waals surface area contributed by atoms with Gasteiger partial charge in [0.15, 0.2) is 0 Å². The van der Waals surface area contributed by atoms with E-state index in [2.05, 4.69) is 4.72 Å². The van der Waals surface area contributed by atoms with E-state index in [1.165, 1.54) is 4.31 Å². The lowest BCUT2D eigenvalue weighted by Gasteiger charge is -2.24. The quantitative estimate of drug-likeness (QED) is 0.467.